The first-order valence-corrected chi connectivity index (χ1v) is 9.77. The molecule has 24 heavy (non-hydrogen) atoms. The van der Waals surface area contributed by atoms with Gasteiger partial charge in [0.2, 0.25) is 0 Å². The average Bonchev–Trinajstić information content (AvgIpc) is 2.88. The lowest BCUT2D eigenvalue weighted by atomic mass is 9.47. The lowest BCUT2D eigenvalue weighted by Gasteiger charge is -2.57. The van der Waals surface area contributed by atoms with E-state index in [0.29, 0.717) is 17.8 Å². The topological polar surface area (TPSA) is 49.7 Å². The first-order chi connectivity index (χ1) is 11.5. The normalized spacial score (nSPS) is 50.8. The van der Waals surface area contributed by atoms with Gasteiger partial charge in [-0.25, -0.2) is 0 Å². The molecule has 0 radical (unpaired) electrons. The molecule has 2 N–H and O–H groups in total. The fourth-order valence-corrected chi connectivity index (χ4v) is 6.82. The van der Waals surface area contributed by atoms with Crippen LogP contribution >= 0.6 is 0 Å². The van der Waals surface area contributed by atoms with E-state index in [0.717, 1.165) is 38.5 Å². The van der Waals surface area contributed by atoms with Crippen molar-refractivity contribution in [3.05, 3.63) is 24.0 Å². The van der Waals surface area contributed by atoms with Gasteiger partial charge in [0.05, 0.1) is 25.6 Å². The van der Waals surface area contributed by atoms with Crippen molar-refractivity contribution in [1.82, 2.24) is 0 Å². The maximum Gasteiger partial charge on any atom is 0.0793 e. The minimum Gasteiger partial charge on any atom is -0.505 e. The van der Waals surface area contributed by atoms with Crippen LogP contribution in [0, 0.1) is 28.6 Å². The van der Waals surface area contributed by atoms with Crippen molar-refractivity contribution in [2.75, 3.05) is 7.11 Å². The summed E-state index contributed by atoms with van der Waals surface area (Å²) in [4.78, 5) is 0. The Labute approximate surface area is 145 Å². The Balaban J connectivity index is 1.72. The summed E-state index contributed by atoms with van der Waals surface area (Å²) in [6, 6.07) is 0. The maximum atomic E-state index is 10.6. The molecule has 0 aliphatic heterocycles. The minimum absolute atomic E-state index is 0.0764. The van der Waals surface area contributed by atoms with Crippen molar-refractivity contribution in [1.29, 1.82) is 0 Å². The molecule has 0 aromatic heterocycles. The molecular weight excluding hydrogens is 300 g/mol. The van der Waals surface area contributed by atoms with Crippen LogP contribution in [0.4, 0.5) is 0 Å². The minimum atomic E-state index is -0.181. The Morgan fingerprint density at radius 2 is 1.96 bits per heavy atom. The third kappa shape index (κ3) is 2.24. The maximum absolute atomic E-state index is 10.6. The van der Waals surface area contributed by atoms with Crippen LogP contribution in [0.15, 0.2) is 24.0 Å². The lowest BCUT2D eigenvalue weighted by molar-refractivity contribution is -0.0646. The van der Waals surface area contributed by atoms with Crippen LogP contribution in [-0.4, -0.2) is 29.5 Å². The average molecular weight is 332 g/mol. The first kappa shape index (κ1) is 16.7. The molecule has 3 heteroatoms. The monoisotopic (exact) mass is 332 g/mol. The molecule has 3 unspecified atom stereocenters. The largest absolute Gasteiger partial charge is 0.505 e. The zero-order chi connectivity index (χ0) is 16.9. The van der Waals surface area contributed by atoms with Crippen molar-refractivity contribution in [3.8, 4) is 0 Å². The second-order valence-electron chi connectivity index (χ2n) is 8.95. The Morgan fingerprint density at radius 1 is 1.12 bits per heavy atom. The molecule has 3 saturated carbocycles. The van der Waals surface area contributed by atoms with Crippen LogP contribution in [0.3, 0.4) is 0 Å². The Kier molecular flexibility index (Phi) is 4.08. The van der Waals surface area contributed by atoms with Gasteiger partial charge in [0, 0.05) is 5.41 Å². The molecule has 0 spiro atoms. The second-order valence-corrected chi connectivity index (χ2v) is 8.95. The van der Waals surface area contributed by atoms with Gasteiger partial charge in [0.25, 0.3) is 0 Å². The second kappa shape index (κ2) is 5.88. The third-order valence-electron chi connectivity index (χ3n) is 8.13. The van der Waals surface area contributed by atoms with Gasteiger partial charge in [-0.3, -0.25) is 0 Å². The van der Waals surface area contributed by atoms with Gasteiger partial charge in [-0.2, -0.15) is 0 Å². The number of rotatable bonds is 2. The molecule has 0 amide bonds. The van der Waals surface area contributed by atoms with Gasteiger partial charge in [-0.15, -0.1) is 0 Å². The zero-order valence-electron chi connectivity index (χ0n) is 15.1. The van der Waals surface area contributed by atoms with Crippen molar-refractivity contribution < 1.29 is 14.9 Å². The molecule has 4 aliphatic carbocycles. The zero-order valence-corrected chi connectivity index (χ0v) is 15.1. The van der Waals surface area contributed by atoms with E-state index in [9.17, 15) is 10.2 Å². The van der Waals surface area contributed by atoms with E-state index in [-0.39, 0.29) is 23.0 Å². The van der Waals surface area contributed by atoms with Crippen LogP contribution in [0.2, 0.25) is 0 Å². The first-order valence-electron chi connectivity index (χ1n) is 9.77. The van der Waals surface area contributed by atoms with Crippen molar-refractivity contribution in [2.24, 2.45) is 28.6 Å². The number of hydrogen-bond donors (Lipinski definition) is 2. The number of aliphatic hydroxyl groups is 2. The number of fused-ring (bicyclic) bond motifs is 5. The highest BCUT2D eigenvalue weighted by Gasteiger charge is 2.59. The molecule has 0 bridgehead atoms. The molecule has 7 atom stereocenters. The summed E-state index contributed by atoms with van der Waals surface area (Å²) in [5, 5.41) is 20.7. The highest BCUT2D eigenvalue weighted by Crippen LogP contribution is 2.65. The molecule has 4 rings (SSSR count). The van der Waals surface area contributed by atoms with Crippen molar-refractivity contribution in [2.45, 2.75) is 70.5 Å². The Morgan fingerprint density at radius 3 is 2.75 bits per heavy atom. The van der Waals surface area contributed by atoms with Gasteiger partial charge >= 0.3 is 0 Å². The van der Waals surface area contributed by atoms with Gasteiger partial charge in [-0.05, 0) is 80.6 Å². The fraction of sp³-hybridized carbons (Fsp3) is 0.810. The van der Waals surface area contributed by atoms with Crippen LogP contribution in [0.25, 0.3) is 0 Å². The fourth-order valence-electron chi connectivity index (χ4n) is 6.82. The smallest absolute Gasteiger partial charge is 0.0793 e. The number of ether oxygens (including phenoxy) is 1. The Hall–Kier alpha value is -0.800. The molecule has 3 nitrogen and oxygen atoms in total. The number of aliphatic hydroxyl groups excluding tert-OH is 2. The number of hydrogen-bond acceptors (Lipinski definition) is 3. The molecular formula is C21H32O3. The van der Waals surface area contributed by atoms with E-state index >= 15 is 0 Å². The predicted octanol–water partition coefficient (Wildman–Crippen LogP) is 3.81. The van der Waals surface area contributed by atoms with Gasteiger partial charge in [-0.1, -0.05) is 18.6 Å². The van der Waals surface area contributed by atoms with E-state index in [1.54, 1.807) is 7.11 Å². The number of allylic oxidation sites excluding steroid dienone is 2. The summed E-state index contributed by atoms with van der Waals surface area (Å²) in [6.45, 7) is 2.33. The van der Waals surface area contributed by atoms with Crippen molar-refractivity contribution in [3.63, 3.8) is 0 Å². The van der Waals surface area contributed by atoms with E-state index < -0.39 is 0 Å². The summed E-state index contributed by atoms with van der Waals surface area (Å²) in [5.41, 5.74) is 1.64. The van der Waals surface area contributed by atoms with Crippen molar-refractivity contribution >= 4 is 0 Å². The third-order valence-corrected chi connectivity index (χ3v) is 8.13. The van der Waals surface area contributed by atoms with Crippen LogP contribution in [0.5, 0.6) is 0 Å². The van der Waals surface area contributed by atoms with Gasteiger partial charge in [0.1, 0.15) is 0 Å². The molecule has 4 aliphatic rings. The molecule has 0 aromatic carbocycles. The Bertz CT molecular complexity index is 553. The lowest BCUT2D eigenvalue weighted by Crippen LogP contribution is -2.51. The molecule has 0 heterocycles. The predicted molar refractivity (Wildman–Crippen MR) is 94.2 cm³/mol. The van der Waals surface area contributed by atoms with Gasteiger partial charge < -0.3 is 14.9 Å². The summed E-state index contributed by atoms with van der Waals surface area (Å²) in [7, 11) is 1.72. The quantitative estimate of drug-likeness (QED) is 0.597. The summed E-state index contributed by atoms with van der Waals surface area (Å²) in [5.74, 6) is 1.95. The highest BCUT2D eigenvalue weighted by atomic mass is 16.5. The summed E-state index contributed by atoms with van der Waals surface area (Å²) >= 11 is 0. The van der Waals surface area contributed by atoms with Crippen LogP contribution < -0.4 is 0 Å². The van der Waals surface area contributed by atoms with E-state index in [2.05, 4.69) is 19.1 Å². The summed E-state index contributed by atoms with van der Waals surface area (Å²) in [6.07, 6.45) is 14.6. The molecule has 3 fully saturated rings. The van der Waals surface area contributed by atoms with Crippen LogP contribution in [-0.2, 0) is 4.74 Å². The SMILES string of the molecule is CO/C=C/[C@]12CC[C@H](O)CC1=CCC1C2CC[C@@]2(C)C1CC[C@@H]2O. The van der Waals surface area contributed by atoms with E-state index in [4.69, 9.17) is 4.74 Å². The summed E-state index contributed by atoms with van der Waals surface area (Å²) < 4.78 is 5.31. The molecule has 0 saturated heterocycles. The van der Waals surface area contributed by atoms with E-state index in [1.165, 1.54) is 18.4 Å². The standard InChI is InChI=1S/C21H32O3/c1-20-9-8-18-16(17(20)5-6-19(20)23)4-3-14-13-15(22)7-10-21(14,18)11-12-24-2/h3,11-12,15-19,22-23H,4-10,13H2,1-2H3/b12-11+/t15-,16?,17?,18?,19-,20-,21+/m0/s1. The molecule has 0 aromatic rings. The number of methoxy groups -OCH3 is 1. The molecule has 134 valence electrons. The van der Waals surface area contributed by atoms with Gasteiger partial charge in [0.15, 0.2) is 0 Å². The van der Waals surface area contributed by atoms with Crippen LogP contribution in [0.1, 0.15) is 58.3 Å². The van der Waals surface area contributed by atoms with E-state index in [1.807, 2.05) is 6.26 Å². The highest BCUT2D eigenvalue weighted by molar-refractivity contribution is 5.31.